The summed E-state index contributed by atoms with van der Waals surface area (Å²) in [5.74, 6) is 0.317. The van der Waals surface area contributed by atoms with Crippen molar-refractivity contribution in [1.82, 2.24) is 4.72 Å². The lowest BCUT2D eigenvalue weighted by Crippen LogP contribution is -2.29. The zero-order chi connectivity index (χ0) is 14.3. The molecule has 0 radical (unpaired) electrons. The second kappa shape index (κ2) is 7.62. The Morgan fingerprint density at radius 3 is 2.47 bits per heavy atom. The molecule has 1 unspecified atom stereocenters. The first-order valence-corrected chi connectivity index (χ1v) is 8.28. The van der Waals surface area contributed by atoms with Gasteiger partial charge in [0.15, 0.2) is 0 Å². The van der Waals surface area contributed by atoms with Gasteiger partial charge in [0, 0.05) is 6.54 Å². The van der Waals surface area contributed by atoms with Gasteiger partial charge in [-0.25, -0.2) is 13.1 Å². The van der Waals surface area contributed by atoms with E-state index in [2.05, 4.69) is 4.72 Å². The van der Waals surface area contributed by atoms with Crippen molar-refractivity contribution >= 4 is 10.0 Å². The first-order chi connectivity index (χ1) is 8.98. The standard InChI is InChI=1S/C14H23NO3S/c1-3-6-12(2)11-19(17,18)15-9-13-7-4-5-8-14(13)10-16/h4-5,7-8,12,15-16H,3,6,9-11H2,1-2H3. The summed E-state index contributed by atoms with van der Waals surface area (Å²) >= 11 is 0. The lowest BCUT2D eigenvalue weighted by molar-refractivity contribution is 0.280. The molecule has 0 fully saturated rings. The molecule has 0 heterocycles. The maximum absolute atomic E-state index is 11.9. The van der Waals surface area contributed by atoms with Crippen LogP contribution >= 0.6 is 0 Å². The third-order valence-corrected chi connectivity index (χ3v) is 4.65. The number of aliphatic hydroxyl groups excluding tert-OH is 1. The predicted molar refractivity (Wildman–Crippen MR) is 77.1 cm³/mol. The highest BCUT2D eigenvalue weighted by Crippen LogP contribution is 2.11. The first-order valence-electron chi connectivity index (χ1n) is 6.63. The van der Waals surface area contributed by atoms with Gasteiger partial charge in [0.25, 0.3) is 0 Å². The van der Waals surface area contributed by atoms with Crippen LogP contribution in [0.2, 0.25) is 0 Å². The summed E-state index contributed by atoms with van der Waals surface area (Å²) in [4.78, 5) is 0. The molecule has 0 amide bonds. The minimum atomic E-state index is -3.26. The molecule has 108 valence electrons. The van der Waals surface area contributed by atoms with Gasteiger partial charge in [-0.15, -0.1) is 0 Å². The van der Waals surface area contributed by atoms with Crippen LogP contribution in [-0.2, 0) is 23.2 Å². The molecule has 1 rings (SSSR count). The summed E-state index contributed by atoms with van der Waals surface area (Å²) in [6.45, 7) is 4.15. The molecular formula is C14H23NO3S. The number of aliphatic hydroxyl groups is 1. The van der Waals surface area contributed by atoms with Gasteiger partial charge in [-0.1, -0.05) is 44.5 Å². The van der Waals surface area contributed by atoms with Crippen LogP contribution in [-0.4, -0.2) is 19.3 Å². The van der Waals surface area contributed by atoms with Crippen molar-refractivity contribution in [2.75, 3.05) is 5.75 Å². The van der Waals surface area contributed by atoms with Crippen LogP contribution in [0.3, 0.4) is 0 Å². The van der Waals surface area contributed by atoms with Gasteiger partial charge in [0.2, 0.25) is 10.0 Å². The highest BCUT2D eigenvalue weighted by molar-refractivity contribution is 7.89. The topological polar surface area (TPSA) is 66.4 Å². The minimum Gasteiger partial charge on any atom is -0.392 e. The SMILES string of the molecule is CCCC(C)CS(=O)(=O)NCc1ccccc1CO. The first kappa shape index (κ1) is 16.1. The molecule has 2 N–H and O–H groups in total. The van der Waals surface area contributed by atoms with E-state index in [4.69, 9.17) is 0 Å². The van der Waals surface area contributed by atoms with Crippen molar-refractivity contribution in [3.05, 3.63) is 35.4 Å². The second-order valence-corrected chi connectivity index (χ2v) is 6.77. The Morgan fingerprint density at radius 2 is 1.89 bits per heavy atom. The Kier molecular flexibility index (Phi) is 6.48. The van der Waals surface area contributed by atoms with Crippen molar-refractivity contribution in [1.29, 1.82) is 0 Å². The van der Waals surface area contributed by atoms with E-state index in [0.29, 0.717) is 0 Å². The molecule has 0 aliphatic rings. The Bertz CT molecular complexity index is 485. The normalized spacial score (nSPS) is 13.4. The molecule has 5 heteroatoms. The largest absolute Gasteiger partial charge is 0.392 e. The van der Waals surface area contributed by atoms with Crippen LogP contribution in [0.25, 0.3) is 0 Å². The molecule has 1 aromatic carbocycles. The smallest absolute Gasteiger partial charge is 0.212 e. The minimum absolute atomic E-state index is 0.0792. The van der Waals surface area contributed by atoms with E-state index in [9.17, 15) is 13.5 Å². The van der Waals surface area contributed by atoms with E-state index in [1.54, 1.807) is 6.07 Å². The van der Waals surface area contributed by atoms with E-state index < -0.39 is 10.0 Å². The van der Waals surface area contributed by atoms with Crippen molar-refractivity contribution in [2.24, 2.45) is 5.92 Å². The summed E-state index contributed by atoms with van der Waals surface area (Å²) < 4.78 is 26.4. The van der Waals surface area contributed by atoms with Crippen LogP contribution in [0, 0.1) is 5.92 Å². The lowest BCUT2D eigenvalue weighted by atomic mass is 10.1. The summed E-state index contributed by atoms with van der Waals surface area (Å²) in [5.41, 5.74) is 1.57. The van der Waals surface area contributed by atoms with Crippen molar-refractivity contribution < 1.29 is 13.5 Å². The molecule has 4 nitrogen and oxygen atoms in total. The maximum atomic E-state index is 11.9. The van der Waals surface area contributed by atoms with Crippen LogP contribution < -0.4 is 4.72 Å². The van der Waals surface area contributed by atoms with E-state index in [0.717, 1.165) is 24.0 Å². The van der Waals surface area contributed by atoms with Crippen molar-refractivity contribution in [2.45, 2.75) is 39.8 Å². The van der Waals surface area contributed by atoms with E-state index >= 15 is 0 Å². The molecule has 0 saturated carbocycles. The molecular weight excluding hydrogens is 262 g/mol. The van der Waals surface area contributed by atoms with Crippen LogP contribution in [0.5, 0.6) is 0 Å². The molecule has 0 aliphatic heterocycles. The Hall–Kier alpha value is -0.910. The van der Waals surface area contributed by atoms with Crippen LogP contribution in [0.1, 0.15) is 37.8 Å². The number of sulfonamides is 1. The molecule has 0 saturated heterocycles. The number of hydrogen-bond acceptors (Lipinski definition) is 3. The summed E-state index contributed by atoms with van der Waals surface area (Å²) in [6.07, 6.45) is 1.90. The quantitative estimate of drug-likeness (QED) is 0.768. The van der Waals surface area contributed by atoms with Gasteiger partial charge < -0.3 is 5.11 Å². The Labute approximate surface area is 115 Å². The van der Waals surface area contributed by atoms with Gasteiger partial charge in [-0.05, 0) is 23.5 Å². The third-order valence-electron chi connectivity index (χ3n) is 3.06. The lowest BCUT2D eigenvalue weighted by Gasteiger charge is -2.13. The molecule has 0 spiro atoms. The summed E-state index contributed by atoms with van der Waals surface area (Å²) in [7, 11) is -3.26. The zero-order valence-electron chi connectivity index (χ0n) is 11.6. The van der Waals surface area contributed by atoms with Crippen molar-refractivity contribution in [3.8, 4) is 0 Å². The predicted octanol–water partition coefficient (Wildman–Crippen LogP) is 2.03. The molecule has 1 atom stereocenters. The van der Waals surface area contributed by atoms with Gasteiger partial charge >= 0.3 is 0 Å². The monoisotopic (exact) mass is 285 g/mol. The molecule has 1 aromatic rings. The number of hydrogen-bond donors (Lipinski definition) is 2. The van der Waals surface area contributed by atoms with Crippen LogP contribution in [0.4, 0.5) is 0 Å². The van der Waals surface area contributed by atoms with Gasteiger partial charge in [-0.3, -0.25) is 0 Å². The highest BCUT2D eigenvalue weighted by Gasteiger charge is 2.15. The van der Waals surface area contributed by atoms with E-state index in [1.807, 2.05) is 32.0 Å². The van der Waals surface area contributed by atoms with E-state index in [-0.39, 0.29) is 24.8 Å². The number of benzene rings is 1. The molecule has 19 heavy (non-hydrogen) atoms. The maximum Gasteiger partial charge on any atom is 0.212 e. The summed E-state index contributed by atoms with van der Waals surface area (Å²) in [5, 5.41) is 9.19. The second-order valence-electron chi connectivity index (χ2n) is 4.92. The molecule has 0 bridgehead atoms. The third kappa shape index (κ3) is 5.72. The average Bonchev–Trinajstić information content (AvgIpc) is 2.36. The zero-order valence-corrected chi connectivity index (χ0v) is 12.4. The Morgan fingerprint density at radius 1 is 1.26 bits per heavy atom. The van der Waals surface area contributed by atoms with Gasteiger partial charge in [-0.2, -0.15) is 0 Å². The van der Waals surface area contributed by atoms with Gasteiger partial charge in [0.05, 0.1) is 12.4 Å². The summed E-state index contributed by atoms with van der Waals surface area (Å²) in [6, 6.07) is 7.28. The molecule has 0 aliphatic carbocycles. The fourth-order valence-corrected chi connectivity index (χ4v) is 3.49. The molecule has 0 aromatic heterocycles. The fourth-order valence-electron chi connectivity index (χ4n) is 2.08. The average molecular weight is 285 g/mol. The highest BCUT2D eigenvalue weighted by atomic mass is 32.2. The van der Waals surface area contributed by atoms with Crippen LogP contribution in [0.15, 0.2) is 24.3 Å². The van der Waals surface area contributed by atoms with E-state index in [1.165, 1.54) is 0 Å². The number of nitrogens with one attached hydrogen (secondary N) is 1. The number of rotatable bonds is 8. The van der Waals surface area contributed by atoms with Crippen molar-refractivity contribution in [3.63, 3.8) is 0 Å². The fraction of sp³-hybridized carbons (Fsp3) is 0.571. The Balaban J connectivity index is 2.60. The van der Waals surface area contributed by atoms with Gasteiger partial charge in [0.1, 0.15) is 0 Å².